The van der Waals surface area contributed by atoms with Crippen molar-refractivity contribution in [3.63, 3.8) is 0 Å². The fourth-order valence-corrected chi connectivity index (χ4v) is 3.22. The van der Waals surface area contributed by atoms with Crippen LogP contribution in [0, 0.1) is 11.7 Å². The number of H-pyrrole nitrogens is 1. The molecule has 0 aliphatic rings. The van der Waals surface area contributed by atoms with Crippen LogP contribution in [0.25, 0.3) is 15.9 Å². The van der Waals surface area contributed by atoms with Crippen molar-refractivity contribution in [2.45, 2.75) is 6.92 Å². The second kappa shape index (κ2) is 4.59. The highest BCUT2D eigenvalue weighted by Crippen LogP contribution is 2.22. The van der Waals surface area contributed by atoms with Gasteiger partial charge in [0.15, 0.2) is 4.77 Å². The normalized spacial score (nSPS) is 11.1. The molecule has 2 heterocycles. The van der Waals surface area contributed by atoms with Gasteiger partial charge in [-0.1, -0.05) is 17.7 Å². The molecule has 3 nitrogen and oxygen atoms in total. The summed E-state index contributed by atoms with van der Waals surface area (Å²) in [6.45, 7) is 1.95. The summed E-state index contributed by atoms with van der Waals surface area (Å²) in [7, 11) is 0. The lowest BCUT2D eigenvalue weighted by Crippen LogP contribution is -2.19. The number of halogens is 1. The third-order valence-corrected chi connectivity index (χ3v) is 4.36. The third kappa shape index (κ3) is 2.04. The van der Waals surface area contributed by atoms with Gasteiger partial charge in [0.25, 0.3) is 5.56 Å². The van der Waals surface area contributed by atoms with Crippen LogP contribution in [0.3, 0.4) is 0 Å². The number of aromatic amines is 1. The van der Waals surface area contributed by atoms with Gasteiger partial charge in [-0.25, -0.2) is 0 Å². The summed E-state index contributed by atoms with van der Waals surface area (Å²) in [5, 5.41) is 2.36. The fraction of sp³-hybridized carbons (Fsp3) is 0.0769. The van der Waals surface area contributed by atoms with Crippen LogP contribution in [0.5, 0.6) is 0 Å². The van der Waals surface area contributed by atoms with Gasteiger partial charge in [0, 0.05) is 0 Å². The maximum Gasteiger partial charge on any atom is 0.276 e. The summed E-state index contributed by atoms with van der Waals surface area (Å²) < 4.78 is 2.44. The Morgan fingerprint density at radius 2 is 2.16 bits per heavy atom. The molecule has 0 atom stereocenters. The molecule has 96 valence electrons. The van der Waals surface area contributed by atoms with Crippen molar-refractivity contribution >= 4 is 45.4 Å². The third-order valence-electron chi connectivity index (χ3n) is 2.85. The molecule has 0 bridgehead atoms. The highest BCUT2D eigenvalue weighted by molar-refractivity contribution is 7.71. The van der Waals surface area contributed by atoms with Crippen LogP contribution in [0.1, 0.15) is 5.56 Å². The summed E-state index contributed by atoms with van der Waals surface area (Å²) in [6.07, 6.45) is 0. The van der Waals surface area contributed by atoms with Crippen LogP contribution in [-0.2, 0) is 0 Å². The first-order chi connectivity index (χ1) is 9.08. The number of hydrogen-bond donors (Lipinski definition) is 1. The molecular formula is C13H9ClN2OS2. The minimum atomic E-state index is -0.138. The van der Waals surface area contributed by atoms with E-state index in [0.717, 1.165) is 11.1 Å². The predicted molar refractivity (Wildman–Crippen MR) is 82.4 cm³/mol. The molecule has 3 aromatic rings. The first-order valence-electron chi connectivity index (χ1n) is 5.57. The Hall–Kier alpha value is -1.43. The zero-order valence-electron chi connectivity index (χ0n) is 9.94. The van der Waals surface area contributed by atoms with Gasteiger partial charge >= 0.3 is 0 Å². The first kappa shape index (κ1) is 12.6. The van der Waals surface area contributed by atoms with E-state index in [0.29, 0.717) is 20.2 Å². The van der Waals surface area contributed by atoms with E-state index >= 15 is 0 Å². The molecule has 3 rings (SSSR count). The lowest BCUT2D eigenvalue weighted by Gasteiger charge is -2.09. The molecule has 0 saturated heterocycles. The molecule has 6 heteroatoms. The van der Waals surface area contributed by atoms with Crippen LogP contribution in [-0.4, -0.2) is 9.55 Å². The summed E-state index contributed by atoms with van der Waals surface area (Å²) >= 11 is 12.8. The van der Waals surface area contributed by atoms with Gasteiger partial charge < -0.3 is 4.98 Å². The molecule has 2 aromatic heterocycles. The van der Waals surface area contributed by atoms with Gasteiger partial charge in [-0.05, 0) is 48.3 Å². The quantitative estimate of drug-likeness (QED) is 0.688. The summed E-state index contributed by atoms with van der Waals surface area (Å²) in [6, 6.07) is 7.37. The SMILES string of the molecule is Cc1ccc(Cl)c(-n2c(=S)[nH]c3ccsc3c2=O)c1. The van der Waals surface area contributed by atoms with Crippen LogP contribution < -0.4 is 5.56 Å². The monoisotopic (exact) mass is 308 g/mol. The van der Waals surface area contributed by atoms with Gasteiger partial charge in [0.1, 0.15) is 4.70 Å². The molecule has 0 saturated carbocycles. The smallest absolute Gasteiger partial charge is 0.276 e. The van der Waals surface area contributed by atoms with Gasteiger partial charge in [0.05, 0.1) is 16.2 Å². The Balaban J connectivity index is 2.46. The van der Waals surface area contributed by atoms with E-state index in [-0.39, 0.29) is 5.56 Å². The number of thiophene rings is 1. The number of aryl methyl sites for hydroxylation is 1. The maximum absolute atomic E-state index is 12.5. The van der Waals surface area contributed by atoms with Crippen LogP contribution >= 0.6 is 35.2 Å². The number of hydrogen-bond acceptors (Lipinski definition) is 3. The highest BCUT2D eigenvalue weighted by Gasteiger charge is 2.11. The second-order valence-corrected chi connectivity index (χ2v) is 5.90. The first-order valence-corrected chi connectivity index (χ1v) is 7.23. The topological polar surface area (TPSA) is 37.8 Å². The van der Waals surface area contributed by atoms with Crippen molar-refractivity contribution in [3.05, 3.63) is 55.4 Å². The Bertz CT molecular complexity index is 892. The highest BCUT2D eigenvalue weighted by atomic mass is 35.5. The van der Waals surface area contributed by atoms with E-state index in [1.54, 1.807) is 6.07 Å². The number of benzene rings is 1. The number of nitrogens with one attached hydrogen (secondary N) is 1. The van der Waals surface area contributed by atoms with Gasteiger partial charge in [-0.15, -0.1) is 11.3 Å². The van der Waals surface area contributed by atoms with Crippen LogP contribution in [0.2, 0.25) is 5.02 Å². The molecule has 0 spiro atoms. The molecule has 19 heavy (non-hydrogen) atoms. The minimum Gasteiger partial charge on any atom is -0.331 e. The lowest BCUT2D eigenvalue weighted by molar-refractivity contribution is 0.942. The van der Waals surface area contributed by atoms with Crippen molar-refractivity contribution in [1.82, 2.24) is 9.55 Å². The Morgan fingerprint density at radius 3 is 2.95 bits per heavy atom. The van der Waals surface area contributed by atoms with Crippen molar-refractivity contribution < 1.29 is 0 Å². The predicted octanol–water partition coefficient (Wildman–Crippen LogP) is 4.07. The number of fused-ring (bicyclic) bond motifs is 1. The van der Waals surface area contributed by atoms with E-state index in [1.807, 2.05) is 30.5 Å². The molecule has 0 aliphatic carbocycles. The zero-order chi connectivity index (χ0) is 13.6. The molecule has 1 aromatic carbocycles. The summed E-state index contributed by atoms with van der Waals surface area (Å²) in [4.78, 5) is 15.6. The van der Waals surface area contributed by atoms with Gasteiger partial charge in [-0.2, -0.15) is 0 Å². The number of rotatable bonds is 1. The molecule has 0 aliphatic heterocycles. The Kier molecular flexibility index (Phi) is 3.05. The molecule has 0 radical (unpaired) electrons. The minimum absolute atomic E-state index is 0.138. The van der Waals surface area contributed by atoms with E-state index in [4.69, 9.17) is 23.8 Å². The van der Waals surface area contributed by atoms with Gasteiger partial charge in [-0.3, -0.25) is 9.36 Å². The van der Waals surface area contributed by atoms with Crippen LogP contribution in [0.4, 0.5) is 0 Å². The van der Waals surface area contributed by atoms with E-state index in [1.165, 1.54) is 15.9 Å². The molecular weight excluding hydrogens is 300 g/mol. The van der Waals surface area contributed by atoms with E-state index < -0.39 is 0 Å². The van der Waals surface area contributed by atoms with E-state index in [2.05, 4.69) is 4.98 Å². The molecule has 1 N–H and O–H groups in total. The molecule has 0 unspecified atom stereocenters. The molecule has 0 amide bonds. The largest absolute Gasteiger partial charge is 0.331 e. The lowest BCUT2D eigenvalue weighted by atomic mass is 10.2. The van der Waals surface area contributed by atoms with Crippen molar-refractivity contribution in [2.75, 3.05) is 0 Å². The number of nitrogens with zero attached hydrogens (tertiary/aromatic N) is 1. The Morgan fingerprint density at radius 1 is 1.37 bits per heavy atom. The standard InChI is InChI=1S/C13H9ClN2OS2/c1-7-2-3-8(14)10(6-7)16-12(17)11-9(4-5-19-11)15-13(16)18/h2-6H,1H3,(H,15,18). The maximum atomic E-state index is 12.5. The average Bonchev–Trinajstić information content (AvgIpc) is 2.82. The van der Waals surface area contributed by atoms with Crippen molar-refractivity contribution in [3.8, 4) is 5.69 Å². The number of aromatic nitrogens is 2. The van der Waals surface area contributed by atoms with Crippen LogP contribution in [0.15, 0.2) is 34.4 Å². The van der Waals surface area contributed by atoms with E-state index in [9.17, 15) is 4.79 Å². The Labute approximate surface area is 123 Å². The van der Waals surface area contributed by atoms with Gasteiger partial charge in [0.2, 0.25) is 0 Å². The summed E-state index contributed by atoms with van der Waals surface area (Å²) in [5.41, 5.74) is 2.26. The van der Waals surface area contributed by atoms with Crippen molar-refractivity contribution in [1.29, 1.82) is 0 Å². The summed E-state index contributed by atoms with van der Waals surface area (Å²) in [5.74, 6) is 0. The van der Waals surface area contributed by atoms with Crippen molar-refractivity contribution in [2.24, 2.45) is 0 Å². The average molecular weight is 309 g/mol. The molecule has 0 fully saturated rings. The zero-order valence-corrected chi connectivity index (χ0v) is 12.3. The second-order valence-electron chi connectivity index (χ2n) is 4.19. The fourth-order valence-electron chi connectivity index (χ4n) is 1.95.